The lowest BCUT2D eigenvalue weighted by Crippen LogP contribution is -2.35. The molecule has 1 rings (SSSR count). The highest BCUT2D eigenvalue weighted by molar-refractivity contribution is 6.31. The van der Waals surface area contributed by atoms with E-state index in [0.717, 1.165) is 0 Å². The molecule has 17 heavy (non-hydrogen) atoms. The Hall–Kier alpha value is -1.93. The summed E-state index contributed by atoms with van der Waals surface area (Å²) in [5.74, 6) is -0.242. The van der Waals surface area contributed by atoms with E-state index in [4.69, 9.17) is 22.6 Å². The fourth-order valence-electron chi connectivity index (χ4n) is 1.34. The van der Waals surface area contributed by atoms with Gasteiger partial charge in [-0.2, -0.15) is 5.26 Å². The number of hydrogen-bond acceptors (Lipinski definition) is 4. The third-order valence-electron chi connectivity index (χ3n) is 2.15. The third-order valence-corrected chi connectivity index (χ3v) is 2.38. The second-order valence-electron chi connectivity index (χ2n) is 3.49. The molecule has 1 amide bonds. The van der Waals surface area contributed by atoms with Crippen molar-refractivity contribution in [1.29, 1.82) is 5.26 Å². The summed E-state index contributed by atoms with van der Waals surface area (Å²) in [5, 5.41) is 11.3. The summed E-state index contributed by atoms with van der Waals surface area (Å²) in [6.45, 7) is 0.115. The van der Waals surface area contributed by atoms with Crippen LogP contribution in [0.4, 0.5) is 11.4 Å². The number of nitrogens with one attached hydrogen (secondary N) is 1. The standard InChI is InChI=1S/C11H13ClN4O/c1-16(7-11(17)15-5-4-13)10-6-8(12)2-3-9(10)14/h2-3,6H,5,7,14H2,1H3,(H,15,17). The van der Waals surface area contributed by atoms with Gasteiger partial charge in [0.15, 0.2) is 0 Å². The van der Waals surface area contributed by atoms with E-state index in [-0.39, 0.29) is 19.0 Å². The molecule has 0 spiro atoms. The van der Waals surface area contributed by atoms with Crippen LogP contribution in [0.25, 0.3) is 0 Å². The Morgan fingerprint density at radius 3 is 3.00 bits per heavy atom. The van der Waals surface area contributed by atoms with Gasteiger partial charge >= 0.3 is 0 Å². The van der Waals surface area contributed by atoms with E-state index in [1.807, 2.05) is 6.07 Å². The van der Waals surface area contributed by atoms with Crippen molar-refractivity contribution >= 4 is 28.9 Å². The number of amides is 1. The van der Waals surface area contributed by atoms with Crippen molar-refractivity contribution in [2.75, 3.05) is 30.8 Å². The maximum absolute atomic E-state index is 11.4. The Labute approximate surface area is 105 Å². The number of nitrogen functional groups attached to an aromatic ring is 1. The van der Waals surface area contributed by atoms with Gasteiger partial charge in [-0.05, 0) is 18.2 Å². The van der Waals surface area contributed by atoms with E-state index in [1.54, 1.807) is 30.1 Å². The Morgan fingerprint density at radius 1 is 1.65 bits per heavy atom. The first-order valence-corrected chi connectivity index (χ1v) is 5.32. The van der Waals surface area contributed by atoms with Crippen LogP contribution in [0.3, 0.4) is 0 Å². The number of nitrogens with zero attached hydrogens (tertiary/aromatic N) is 2. The topological polar surface area (TPSA) is 82.2 Å². The average molecular weight is 253 g/mol. The van der Waals surface area contributed by atoms with Crippen molar-refractivity contribution in [3.63, 3.8) is 0 Å². The average Bonchev–Trinajstić information content (AvgIpc) is 2.29. The van der Waals surface area contributed by atoms with Gasteiger partial charge in [0.05, 0.1) is 24.0 Å². The molecule has 0 saturated heterocycles. The van der Waals surface area contributed by atoms with Crippen LogP contribution in [0.15, 0.2) is 18.2 Å². The van der Waals surface area contributed by atoms with E-state index < -0.39 is 0 Å². The van der Waals surface area contributed by atoms with Gasteiger partial charge in [-0.3, -0.25) is 4.79 Å². The normalized spacial score (nSPS) is 9.47. The van der Waals surface area contributed by atoms with Crippen molar-refractivity contribution in [2.45, 2.75) is 0 Å². The first-order chi connectivity index (χ1) is 8.04. The van der Waals surface area contributed by atoms with Crippen molar-refractivity contribution in [3.05, 3.63) is 23.2 Å². The molecular formula is C11H13ClN4O. The van der Waals surface area contributed by atoms with Crippen LogP contribution < -0.4 is 16.0 Å². The number of likely N-dealkylation sites (N-methyl/N-ethyl adjacent to an activating group) is 1. The molecule has 0 aliphatic heterocycles. The molecule has 0 atom stereocenters. The van der Waals surface area contributed by atoms with Gasteiger partial charge in [0.25, 0.3) is 0 Å². The molecule has 0 heterocycles. The van der Waals surface area contributed by atoms with Gasteiger partial charge in [-0.15, -0.1) is 0 Å². The van der Waals surface area contributed by atoms with Crippen LogP contribution in [0.5, 0.6) is 0 Å². The zero-order valence-electron chi connectivity index (χ0n) is 9.40. The smallest absolute Gasteiger partial charge is 0.240 e. The zero-order chi connectivity index (χ0) is 12.8. The second-order valence-corrected chi connectivity index (χ2v) is 3.93. The van der Waals surface area contributed by atoms with Crippen molar-refractivity contribution in [1.82, 2.24) is 5.32 Å². The number of anilines is 2. The molecule has 0 aliphatic carbocycles. The fraction of sp³-hybridized carbons (Fsp3) is 0.273. The lowest BCUT2D eigenvalue weighted by atomic mass is 10.2. The molecule has 0 fully saturated rings. The molecule has 1 aromatic rings. The lowest BCUT2D eigenvalue weighted by molar-refractivity contribution is -0.119. The maximum Gasteiger partial charge on any atom is 0.240 e. The summed E-state index contributed by atoms with van der Waals surface area (Å²) in [6.07, 6.45) is 0. The van der Waals surface area contributed by atoms with Gasteiger partial charge in [0, 0.05) is 12.1 Å². The molecular weight excluding hydrogens is 240 g/mol. The molecule has 0 aliphatic rings. The SMILES string of the molecule is CN(CC(=O)NCC#N)c1cc(Cl)ccc1N. The Balaban J connectivity index is 2.70. The maximum atomic E-state index is 11.4. The van der Waals surface area contributed by atoms with E-state index in [2.05, 4.69) is 5.32 Å². The molecule has 3 N–H and O–H groups in total. The minimum atomic E-state index is -0.242. The Kier molecular flexibility index (Phi) is 4.61. The highest BCUT2D eigenvalue weighted by atomic mass is 35.5. The number of nitriles is 1. The van der Waals surface area contributed by atoms with Crippen LogP contribution in [0.2, 0.25) is 5.02 Å². The number of benzene rings is 1. The largest absolute Gasteiger partial charge is 0.397 e. The highest BCUT2D eigenvalue weighted by Crippen LogP contribution is 2.25. The number of carbonyl (C=O) groups is 1. The fourth-order valence-corrected chi connectivity index (χ4v) is 1.51. The molecule has 0 radical (unpaired) electrons. The van der Waals surface area contributed by atoms with Crippen molar-refractivity contribution in [2.24, 2.45) is 0 Å². The first kappa shape index (κ1) is 13.1. The molecule has 5 nitrogen and oxygen atoms in total. The predicted octanol–water partition coefficient (Wildman–Crippen LogP) is 0.998. The first-order valence-electron chi connectivity index (χ1n) is 4.94. The summed E-state index contributed by atoms with van der Waals surface area (Å²) in [4.78, 5) is 13.1. The molecule has 0 aromatic heterocycles. The van der Waals surface area contributed by atoms with E-state index in [9.17, 15) is 4.79 Å². The van der Waals surface area contributed by atoms with Crippen LogP contribution in [0, 0.1) is 11.3 Å². The van der Waals surface area contributed by atoms with E-state index in [1.165, 1.54) is 0 Å². The number of hydrogen-bond donors (Lipinski definition) is 2. The summed E-state index contributed by atoms with van der Waals surface area (Å²) in [5.41, 5.74) is 7.01. The minimum absolute atomic E-state index is 0.00228. The monoisotopic (exact) mass is 252 g/mol. The molecule has 0 unspecified atom stereocenters. The predicted molar refractivity (Wildman–Crippen MR) is 67.8 cm³/mol. The van der Waals surface area contributed by atoms with Crippen LogP contribution >= 0.6 is 11.6 Å². The summed E-state index contributed by atoms with van der Waals surface area (Å²) >= 11 is 5.86. The van der Waals surface area contributed by atoms with Gasteiger partial charge in [0.1, 0.15) is 6.54 Å². The Bertz CT molecular complexity index is 455. The van der Waals surface area contributed by atoms with Crippen LogP contribution in [-0.4, -0.2) is 26.0 Å². The number of halogens is 1. The van der Waals surface area contributed by atoms with Crippen LogP contribution in [0.1, 0.15) is 0 Å². The zero-order valence-corrected chi connectivity index (χ0v) is 10.2. The Morgan fingerprint density at radius 2 is 2.35 bits per heavy atom. The quantitative estimate of drug-likeness (QED) is 0.619. The minimum Gasteiger partial charge on any atom is -0.397 e. The molecule has 1 aromatic carbocycles. The lowest BCUT2D eigenvalue weighted by Gasteiger charge is -2.20. The summed E-state index contributed by atoms with van der Waals surface area (Å²) < 4.78 is 0. The van der Waals surface area contributed by atoms with Gasteiger partial charge in [0.2, 0.25) is 5.91 Å². The summed E-state index contributed by atoms with van der Waals surface area (Å²) in [7, 11) is 1.73. The number of nitrogens with two attached hydrogens (primary N) is 1. The second kappa shape index (κ2) is 5.97. The number of rotatable bonds is 4. The van der Waals surface area contributed by atoms with Gasteiger partial charge in [-0.25, -0.2) is 0 Å². The highest BCUT2D eigenvalue weighted by Gasteiger charge is 2.10. The van der Waals surface area contributed by atoms with E-state index in [0.29, 0.717) is 16.4 Å². The van der Waals surface area contributed by atoms with E-state index >= 15 is 0 Å². The molecule has 0 saturated carbocycles. The van der Waals surface area contributed by atoms with Crippen molar-refractivity contribution < 1.29 is 4.79 Å². The van der Waals surface area contributed by atoms with Gasteiger partial charge in [-0.1, -0.05) is 11.6 Å². The van der Waals surface area contributed by atoms with Crippen LogP contribution in [-0.2, 0) is 4.79 Å². The van der Waals surface area contributed by atoms with Crippen molar-refractivity contribution in [3.8, 4) is 6.07 Å². The van der Waals surface area contributed by atoms with Gasteiger partial charge < -0.3 is 16.0 Å². The number of carbonyl (C=O) groups excluding carboxylic acids is 1. The molecule has 6 heteroatoms. The summed E-state index contributed by atoms with van der Waals surface area (Å²) in [6, 6.07) is 6.89. The molecule has 0 bridgehead atoms. The molecule has 90 valence electrons. The third kappa shape index (κ3) is 3.85.